The number of carbonyl (C=O) groups excluding carboxylic acids is 3. The van der Waals surface area contributed by atoms with Crippen molar-refractivity contribution in [2.75, 3.05) is 0 Å². The van der Waals surface area contributed by atoms with Crippen LogP contribution in [0.15, 0.2) is 30.3 Å². The molecule has 0 bridgehead atoms. The summed E-state index contributed by atoms with van der Waals surface area (Å²) in [5, 5.41) is 5.69. The van der Waals surface area contributed by atoms with Crippen molar-refractivity contribution in [2.45, 2.75) is 70.0 Å². The van der Waals surface area contributed by atoms with Gasteiger partial charge in [-0.1, -0.05) is 62.4 Å². The van der Waals surface area contributed by atoms with Crippen LogP contribution in [-0.4, -0.2) is 34.8 Å². The minimum atomic E-state index is -0.764. The van der Waals surface area contributed by atoms with E-state index in [2.05, 4.69) is 10.6 Å². The largest absolute Gasteiger partial charge is 0.353 e. The number of nitrogens with zero attached hydrogens (tertiary/aromatic N) is 1. The molecule has 6 nitrogen and oxygen atoms in total. The molecule has 1 aromatic rings. The topological polar surface area (TPSA) is 78.5 Å². The van der Waals surface area contributed by atoms with Gasteiger partial charge < -0.3 is 10.6 Å². The Morgan fingerprint density at radius 3 is 2.38 bits per heavy atom. The summed E-state index contributed by atoms with van der Waals surface area (Å²) < 4.78 is 0. The number of rotatable bonds is 5. The Labute approximate surface area is 154 Å². The average Bonchev–Trinajstić information content (AvgIpc) is 2.85. The van der Waals surface area contributed by atoms with Gasteiger partial charge in [-0.15, -0.1) is 0 Å². The Morgan fingerprint density at radius 2 is 1.69 bits per heavy atom. The summed E-state index contributed by atoms with van der Waals surface area (Å²) in [6, 6.07) is 8.36. The molecule has 1 aliphatic heterocycles. The lowest BCUT2D eigenvalue weighted by atomic mass is 9.96. The van der Waals surface area contributed by atoms with Crippen LogP contribution in [0.1, 0.15) is 56.9 Å². The van der Waals surface area contributed by atoms with Gasteiger partial charge in [0.25, 0.3) is 5.91 Å². The summed E-state index contributed by atoms with van der Waals surface area (Å²) in [5.41, 5.74) is 0.885. The van der Waals surface area contributed by atoms with Crippen LogP contribution in [0.25, 0.3) is 0 Å². The van der Waals surface area contributed by atoms with Crippen molar-refractivity contribution in [3.8, 4) is 0 Å². The van der Waals surface area contributed by atoms with Crippen LogP contribution < -0.4 is 10.6 Å². The molecule has 2 aliphatic rings. The Hall–Kier alpha value is -2.37. The zero-order chi connectivity index (χ0) is 18.4. The summed E-state index contributed by atoms with van der Waals surface area (Å²) in [5.74, 6) is -0.484. The Balaban J connectivity index is 1.52. The van der Waals surface area contributed by atoms with Crippen molar-refractivity contribution in [1.29, 1.82) is 0 Å². The Kier molecular flexibility index (Phi) is 6.26. The van der Waals surface area contributed by atoms with E-state index < -0.39 is 12.1 Å². The SMILES string of the molecule is O=C(C[C@@H]1NC(=O)N(Cc2ccccc2)C1=O)NC1CCCCCCC1. The van der Waals surface area contributed by atoms with E-state index in [0.717, 1.165) is 31.2 Å². The molecule has 1 aromatic carbocycles. The number of nitrogens with one attached hydrogen (secondary N) is 2. The van der Waals surface area contributed by atoms with Gasteiger partial charge >= 0.3 is 6.03 Å². The molecule has 4 amide bonds. The second kappa shape index (κ2) is 8.83. The highest BCUT2D eigenvalue weighted by molar-refractivity contribution is 6.05. The molecule has 26 heavy (non-hydrogen) atoms. The fourth-order valence-electron chi connectivity index (χ4n) is 3.70. The fourth-order valence-corrected chi connectivity index (χ4v) is 3.70. The number of urea groups is 1. The van der Waals surface area contributed by atoms with Crippen molar-refractivity contribution >= 4 is 17.8 Å². The smallest absolute Gasteiger partial charge is 0.325 e. The highest BCUT2D eigenvalue weighted by atomic mass is 16.2. The third kappa shape index (κ3) is 4.84. The first-order valence-corrected chi connectivity index (χ1v) is 9.58. The molecule has 0 radical (unpaired) electrons. The minimum absolute atomic E-state index is 0.00631. The van der Waals surface area contributed by atoms with Gasteiger partial charge in [-0.2, -0.15) is 0 Å². The third-order valence-electron chi connectivity index (χ3n) is 5.15. The first-order chi connectivity index (χ1) is 12.6. The van der Waals surface area contributed by atoms with Crippen LogP contribution in [0.5, 0.6) is 0 Å². The maximum absolute atomic E-state index is 12.5. The molecule has 2 fully saturated rings. The lowest BCUT2D eigenvalue weighted by Gasteiger charge is -2.21. The Bertz CT molecular complexity index is 639. The standard InChI is InChI=1S/C20H27N3O3/c24-18(21-16-11-7-2-1-3-8-12-16)13-17-19(25)23(20(26)22-17)14-15-9-5-4-6-10-15/h4-6,9-10,16-17H,1-3,7-8,11-14H2,(H,21,24)(H,22,26)/t17-/m0/s1. The summed E-state index contributed by atoms with van der Waals surface area (Å²) in [6.45, 7) is 0.228. The monoisotopic (exact) mass is 357 g/mol. The molecular weight excluding hydrogens is 330 g/mol. The van der Waals surface area contributed by atoms with Crippen LogP contribution in [0.4, 0.5) is 4.79 Å². The normalized spacial score (nSPS) is 21.8. The van der Waals surface area contributed by atoms with Gasteiger partial charge in [-0.25, -0.2) is 4.79 Å². The molecule has 1 heterocycles. The summed E-state index contributed by atoms with van der Waals surface area (Å²) in [6.07, 6.45) is 7.99. The summed E-state index contributed by atoms with van der Waals surface area (Å²) in [7, 11) is 0. The second-order valence-corrected chi connectivity index (χ2v) is 7.23. The zero-order valence-electron chi connectivity index (χ0n) is 15.1. The van der Waals surface area contributed by atoms with Crippen LogP contribution in [0, 0.1) is 0 Å². The molecule has 1 aliphatic carbocycles. The molecule has 140 valence electrons. The van der Waals surface area contributed by atoms with Crippen LogP contribution >= 0.6 is 0 Å². The number of hydrogen-bond acceptors (Lipinski definition) is 3. The maximum Gasteiger partial charge on any atom is 0.325 e. The fraction of sp³-hybridized carbons (Fsp3) is 0.550. The quantitative estimate of drug-likeness (QED) is 0.796. The van der Waals surface area contributed by atoms with E-state index in [1.807, 2.05) is 30.3 Å². The van der Waals surface area contributed by atoms with E-state index in [-0.39, 0.29) is 30.8 Å². The maximum atomic E-state index is 12.5. The van der Waals surface area contributed by atoms with Gasteiger partial charge in [0.2, 0.25) is 5.91 Å². The molecule has 1 saturated carbocycles. The van der Waals surface area contributed by atoms with Crippen LogP contribution in [0.2, 0.25) is 0 Å². The highest BCUT2D eigenvalue weighted by Gasteiger charge is 2.39. The molecule has 1 atom stereocenters. The molecule has 0 unspecified atom stereocenters. The lowest BCUT2D eigenvalue weighted by molar-refractivity contribution is -0.131. The minimum Gasteiger partial charge on any atom is -0.353 e. The van der Waals surface area contributed by atoms with Crippen molar-refractivity contribution in [1.82, 2.24) is 15.5 Å². The molecule has 0 spiro atoms. The predicted octanol–water partition coefficient (Wildman–Crippen LogP) is 2.73. The van der Waals surface area contributed by atoms with Gasteiger partial charge in [0, 0.05) is 6.04 Å². The summed E-state index contributed by atoms with van der Waals surface area (Å²) in [4.78, 5) is 38.2. The first-order valence-electron chi connectivity index (χ1n) is 9.58. The van der Waals surface area contributed by atoms with E-state index in [1.165, 1.54) is 24.2 Å². The zero-order valence-corrected chi connectivity index (χ0v) is 15.1. The molecule has 1 saturated heterocycles. The van der Waals surface area contributed by atoms with E-state index in [4.69, 9.17) is 0 Å². The molecule has 6 heteroatoms. The van der Waals surface area contributed by atoms with E-state index >= 15 is 0 Å². The molecule has 3 rings (SSSR count). The second-order valence-electron chi connectivity index (χ2n) is 7.23. The van der Waals surface area contributed by atoms with Crippen molar-refractivity contribution in [3.63, 3.8) is 0 Å². The van der Waals surface area contributed by atoms with E-state index in [1.54, 1.807) is 0 Å². The van der Waals surface area contributed by atoms with Gasteiger partial charge in [0.1, 0.15) is 6.04 Å². The number of amides is 4. The summed E-state index contributed by atoms with van der Waals surface area (Å²) >= 11 is 0. The predicted molar refractivity (Wildman–Crippen MR) is 98.2 cm³/mol. The van der Waals surface area contributed by atoms with Crippen LogP contribution in [0.3, 0.4) is 0 Å². The van der Waals surface area contributed by atoms with Crippen LogP contribution in [-0.2, 0) is 16.1 Å². The molecule has 2 N–H and O–H groups in total. The first kappa shape index (κ1) is 18.4. The molecular formula is C20H27N3O3. The number of imide groups is 1. The van der Waals surface area contributed by atoms with Gasteiger partial charge in [-0.05, 0) is 18.4 Å². The third-order valence-corrected chi connectivity index (χ3v) is 5.15. The lowest BCUT2D eigenvalue weighted by Crippen LogP contribution is -2.40. The highest BCUT2D eigenvalue weighted by Crippen LogP contribution is 2.18. The number of hydrogen-bond donors (Lipinski definition) is 2. The van der Waals surface area contributed by atoms with Crippen molar-refractivity contribution in [3.05, 3.63) is 35.9 Å². The molecule has 0 aromatic heterocycles. The van der Waals surface area contributed by atoms with Gasteiger partial charge in [0.15, 0.2) is 0 Å². The van der Waals surface area contributed by atoms with E-state index in [0.29, 0.717) is 0 Å². The van der Waals surface area contributed by atoms with Crippen molar-refractivity contribution in [2.24, 2.45) is 0 Å². The van der Waals surface area contributed by atoms with Gasteiger partial charge in [-0.3, -0.25) is 14.5 Å². The number of benzene rings is 1. The van der Waals surface area contributed by atoms with E-state index in [9.17, 15) is 14.4 Å². The average molecular weight is 357 g/mol. The Morgan fingerprint density at radius 1 is 1.04 bits per heavy atom. The van der Waals surface area contributed by atoms with Crippen molar-refractivity contribution < 1.29 is 14.4 Å². The number of carbonyl (C=O) groups is 3. The van der Waals surface area contributed by atoms with Gasteiger partial charge in [0.05, 0.1) is 13.0 Å².